The first-order chi connectivity index (χ1) is 18.5. The van der Waals surface area contributed by atoms with E-state index in [9.17, 15) is 31.5 Å². The van der Waals surface area contributed by atoms with Gasteiger partial charge in [-0.3, -0.25) is 14.9 Å². The number of halogens is 5. The number of ether oxygens (including phenoxy) is 2. The molecule has 0 aliphatic carbocycles. The largest absolute Gasteiger partial charge is 0.466 e. The molecule has 0 bridgehead atoms. The van der Waals surface area contributed by atoms with E-state index in [4.69, 9.17) is 4.74 Å². The maximum atomic E-state index is 13.4. The number of aromatic nitrogens is 3. The molecule has 0 unspecified atom stereocenters. The van der Waals surface area contributed by atoms with Gasteiger partial charge in [-0.15, -0.1) is 11.3 Å². The van der Waals surface area contributed by atoms with Gasteiger partial charge in [0, 0.05) is 24.0 Å². The van der Waals surface area contributed by atoms with Gasteiger partial charge in [0.25, 0.3) is 5.91 Å². The van der Waals surface area contributed by atoms with E-state index in [-0.39, 0.29) is 34.0 Å². The monoisotopic (exact) mass is 571 g/mol. The molecule has 0 atom stereocenters. The first kappa shape index (κ1) is 28.1. The van der Waals surface area contributed by atoms with E-state index in [1.807, 2.05) is 4.90 Å². The lowest BCUT2D eigenvalue weighted by atomic mass is 9.97. The smallest absolute Gasteiger partial charge is 0.419 e. The van der Waals surface area contributed by atoms with Crippen molar-refractivity contribution in [2.24, 2.45) is 5.92 Å². The van der Waals surface area contributed by atoms with Crippen molar-refractivity contribution in [3.63, 3.8) is 0 Å². The zero-order valence-electron chi connectivity index (χ0n) is 20.4. The number of nitrogens with one attached hydrogen (secondary N) is 1. The highest BCUT2D eigenvalue weighted by molar-refractivity contribution is 7.14. The Kier molecular flexibility index (Phi) is 8.57. The van der Waals surface area contributed by atoms with Crippen LogP contribution in [0.3, 0.4) is 0 Å². The van der Waals surface area contributed by atoms with Gasteiger partial charge in [0.05, 0.1) is 36.2 Å². The average Bonchev–Trinajstić information content (AvgIpc) is 3.36. The Hall–Kier alpha value is -3.88. The number of esters is 1. The number of benzene rings is 1. The van der Waals surface area contributed by atoms with Crippen molar-refractivity contribution < 1.29 is 41.0 Å². The minimum absolute atomic E-state index is 0.00318. The van der Waals surface area contributed by atoms with E-state index in [2.05, 4.69) is 25.0 Å². The third kappa shape index (κ3) is 6.96. The number of alkyl halides is 5. The molecule has 1 fully saturated rings. The number of rotatable bonds is 8. The molecule has 0 spiro atoms. The Balaban J connectivity index is 1.39. The van der Waals surface area contributed by atoms with Crippen LogP contribution in [-0.4, -0.2) is 53.1 Å². The second kappa shape index (κ2) is 11.9. The maximum absolute atomic E-state index is 13.4. The lowest BCUT2D eigenvalue weighted by molar-refractivity contribution is -0.148. The molecule has 4 rings (SSSR count). The van der Waals surface area contributed by atoms with Gasteiger partial charge in [-0.05, 0) is 38.0 Å². The fourth-order valence-corrected chi connectivity index (χ4v) is 4.66. The van der Waals surface area contributed by atoms with E-state index >= 15 is 0 Å². The molecule has 0 radical (unpaired) electrons. The molecule has 1 aliphatic heterocycles. The normalized spacial score (nSPS) is 14.4. The van der Waals surface area contributed by atoms with Crippen molar-refractivity contribution in [3.8, 4) is 17.0 Å². The number of piperidine rings is 1. The van der Waals surface area contributed by atoms with Gasteiger partial charge in [-0.2, -0.15) is 22.0 Å². The van der Waals surface area contributed by atoms with E-state index in [0.717, 1.165) is 23.5 Å². The minimum atomic E-state index is -4.94. The first-order valence-corrected chi connectivity index (χ1v) is 12.6. The van der Waals surface area contributed by atoms with Crippen LogP contribution in [-0.2, 0) is 15.7 Å². The molecule has 1 aliphatic rings. The number of amides is 1. The summed E-state index contributed by atoms with van der Waals surface area (Å²) < 4.78 is 74.1. The third-order valence-electron chi connectivity index (χ3n) is 5.83. The molecule has 39 heavy (non-hydrogen) atoms. The molecule has 2 aromatic heterocycles. The van der Waals surface area contributed by atoms with Gasteiger partial charge in [-0.1, -0.05) is 0 Å². The number of carbonyl (C=O) groups is 2. The zero-order valence-corrected chi connectivity index (χ0v) is 21.2. The van der Waals surface area contributed by atoms with Crippen LogP contribution in [0.25, 0.3) is 11.3 Å². The Morgan fingerprint density at radius 1 is 1.18 bits per heavy atom. The minimum Gasteiger partial charge on any atom is -0.466 e. The molecule has 9 nitrogen and oxygen atoms in total. The highest BCUT2D eigenvalue weighted by atomic mass is 32.1. The summed E-state index contributed by atoms with van der Waals surface area (Å²) in [7, 11) is 0. The number of carbonyl (C=O) groups excluding carboxylic acids is 2. The van der Waals surface area contributed by atoms with Crippen LogP contribution in [0.4, 0.5) is 32.9 Å². The predicted octanol–water partition coefficient (Wildman–Crippen LogP) is 5.25. The van der Waals surface area contributed by atoms with Gasteiger partial charge in [0.15, 0.2) is 5.13 Å². The Morgan fingerprint density at radius 2 is 1.92 bits per heavy atom. The highest BCUT2D eigenvalue weighted by Gasteiger charge is 2.35. The number of thiazole rings is 1. The molecular formula is C24H22F5N5O4S. The van der Waals surface area contributed by atoms with Crippen LogP contribution >= 0.6 is 11.3 Å². The summed E-state index contributed by atoms with van der Waals surface area (Å²) >= 11 is 0.958. The SMILES string of the molecule is CCOC(=O)C1CCN(c2cnc(C(=O)Nc3nc(-c4ccc(OC(F)F)c(C(F)(F)F)c4)cs3)cn2)CC1. The quantitative estimate of drug-likeness (QED) is 0.289. The van der Waals surface area contributed by atoms with E-state index in [1.54, 1.807) is 6.92 Å². The summed E-state index contributed by atoms with van der Waals surface area (Å²) in [4.78, 5) is 39.0. The lowest BCUT2D eigenvalue weighted by Crippen LogP contribution is -2.37. The van der Waals surface area contributed by atoms with Crippen LogP contribution in [0.5, 0.6) is 5.75 Å². The molecule has 1 saturated heterocycles. The third-order valence-corrected chi connectivity index (χ3v) is 6.59. The molecule has 3 aromatic rings. The van der Waals surface area contributed by atoms with Crippen molar-refractivity contribution >= 4 is 34.2 Å². The van der Waals surface area contributed by atoms with Crippen LogP contribution in [0.2, 0.25) is 0 Å². The molecule has 1 aromatic carbocycles. The molecule has 1 amide bonds. The Labute approximate surface area is 223 Å². The van der Waals surface area contributed by atoms with Gasteiger partial charge in [0.2, 0.25) is 0 Å². The average molecular weight is 572 g/mol. The van der Waals surface area contributed by atoms with Crippen LogP contribution in [0.1, 0.15) is 35.8 Å². The van der Waals surface area contributed by atoms with Crippen molar-refractivity contribution in [3.05, 3.63) is 47.2 Å². The number of hydrogen-bond donors (Lipinski definition) is 1. The fraction of sp³-hybridized carbons (Fsp3) is 0.375. The summed E-state index contributed by atoms with van der Waals surface area (Å²) in [5.41, 5.74) is -1.29. The van der Waals surface area contributed by atoms with Gasteiger partial charge >= 0.3 is 18.8 Å². The number of hydrogen-bond acceptors (Lipinski definition) is 9. The van der Waals surface area contributed by atoms with E-state index in [0.29, 0.717) is 44.4 Å². The molecule has 1 N–H and O–H groups in total. The summed E-state index contributed by atoms with van der Waals surface area (Å²) in [5.74, 6) is -1.46. The molecular weight excluding hydrogens is 549 g/mol. The van der Waals surface area contributed by atoms with Gasteiger partial charge in [-0.25, -0.2) is 15.0 Å². The maximum Gasteiger partial charge on any atom is 0.419 e. The van der Waals surface area contributed by atoms with Crippen LogP contribution in [0, 0.1) is 5.92 Å². The topological polar surface area (TPSA) is 107 Å². The van der Waals surface area contributed by atoms with Crippen LogP contribution in [0.15, 0.2) is 36.0 Å². The zero-order chi connectivity index (χ0) is 28.2. The van der Waals surface area contributed by atoms with E-state index in [1.165, 1.54) is 17.8 Å². The standard InChI is InChI=1S/C24H22F5N5O4S/c1-2-37-21(36)13-5-7-34(8-6-13)19-11-30-16(10-31-19)20(35)33-23-32-17(12-39-23)14-3-4-18(38-22(25)26)15(9-14)24(27,28)29/h3-4,9-13,22H,2,5-8H2,1H3,(H,32,33,35). The van der Waals surface area contributed by atoms with Crippen molar-refractivity contribution in [2.75, 3.05) is 29.9 Å². The summed E-state index contributed by atoms with van der Waals surface area (Å²) in [6, 6.07) is 2.60. The van der Waals surface area contributed by atoms with Gasteiger partial charge in [0.1, 0.15) is 17.3 Å². The number of nitrogens with zero attached hydrogens (tertiary/aromatic N) is 4. The van der Waals surface area contributed by atoms with Crippen molar-refractivity contribution in [2.45, 2.75) is 32.6 Å². The Morgan fingerprint density at radius 3 is 2.54 bits per heavy atom. The summed E-state index contributed by atoms with van der Waals surface area (Å²) in [6.45, 7) is -0.163. The lowest BCUT2D eigenvalue weighted by Gasteiger charge is -2.31. The van der Waals surface area contributed by atoms with Gasteiger partial charge < -0.3 is 14.4 Å². The molecule has 15 heteroatoms. The molecule has 208 valence electrons. The fourth-order valence-electron chi connectivity index (χ4n) is 3.94. The molecule has 0 saturated carbocycles. The first-order valence-electron chi connectivity index (χ1n) is 11.7. The highest BCUT2D eigenvalue weighted by Crippen LogP contribution is 2.39. The number of anilines is 2. The Bertz CT molecular complexity index is 1310. The summed E-state index contributed by atoms with van der Waals surface area (Å²) in [5, 5.41) is 4.01. The van der Waals surface area contributed by atoms with Crippen molar-refractivity contribution in [1.82, 2.24) is 15.0 Å². The van der Waals surface area contributed by atoms with Crippen LogP contribution < -0.4 is 15.0 Å². The predicted molar refractivity (Wildman–Crippen MR) is 131 cm³/mol. The second-order valence-corrected chi connectivity index (χ2v) is 9.21. The molecule has 3 heterocycles. The summed E-state index contributed by atoms with van der Waals surface area (Å²) in [6.07, 6.45) is -0.986. The second-order valence-electron chi connectivity index (χ2n) is 8.35. The van der Waals surface area contributed by atoms with Crippen molar-refractivity contribution in [1.29, 1.82) is 0 Å². The van der Waals surface area contributed by atoms with E-state index < -0.39 is 30.0 Å².